The van der Waals surface area contributed by atoms with Crippen molar-refractivity contribution in [2.45, 2.75) is 18.9 Å². The van der Waals surface area contributed by atoms with Crippen LogP contribution in [0.25, 0.3) is 0 Å². The van der Waals surface area contributed by atoms with Crippen molar-refractivity contribution in [2.75, 3.05) is 6.54 Å². The van der Waals surface area contributed by atoms with Gasteiger partial charge < -0.3 is 14.8 Å². The number of carbonyl (C=O) groups is 2. The Hall–Kier alpha value is -1.06. The van der Waals surface area contributed by atoms with Gasteiger partial charge in [0.25, 0.3) is 0 Å². The zero-order chi connectivity index (χ0) is 7.56. The molecule has 1 N–H and O–H groups in total. The highest BCUT2D eigenvalue weighted by atomic mass is 16.4. The van der Waals surface area contributed by atoms with Crippen molar-refractivity contribution in [2.24, 2.45) is 0 Å². The van der Waals surface area contributed by atoms with E-state index in [9.17, 15) is 9.59 Å². The van der Waals surface area contributed by atoms with Crippen LogP contribution in [0.3, 0.4) is 0 Å². The van der Waals surface area contributed by atoms with Crippen LogP contribution in [0.1, 0.15) is 12.8 Å². The topological polar surface area (TPSA) is 57.6 Å². The molecule has 4 nitrogen and oxygen atoms in total. The third-order valence-corrected chi connectivity index (χ3v) is 1.76. The summed E-state index contributed by atoms with van der Waals surface area (Å²) >= 11 is 0. The van der Waals surface area contributed by atoms with E-state index in [0.717, 1.165) is 12.7 Å². The minimum absolute atomic E-state index is 0.0463. The van der Waals surface area contributed by atoms with Gasteiger partial charge in [-0.2, -0.15) is 0 Å². The molecule has 0 bridgehead atoms. The van der Waals surface area contributed by atoms with E-state index < -0.39 is 6.09 Å². The van der Waals surface area contributed by atoms with Gasteiger partial charge in [0.2, 0.25) is 0 Å². The molecule has 0 radical (unpaired) electrons. The number of hydrogen-bond acceptors (Lipinski definition) is 2. The molecule has 1 aliphatic heterocycles. The summed E-state index contributed by atoms with van der Waals surface area (Å²) in [5.41, 5.74) is 0. The molecule has 0 spiro atoms. The molecule has 1 fully saturated rings. The maximum atomic E-state index is 10.3. The van der Waals surface area contributed by atoms with Gasteiger partial charge in [-0.1, -0.05) is 0 Å². The second-order valence-electron chi connectivity index (χ2n) is 2.32. The molecule has 1 saturated heterocycles. The molecule has 1 atom stereocenters. The van der Waals surface area contributed by atoms with Gasteiger partial charge in [-0.15, -0.1) is 0 Å². The van der Waals surface area contributed by atoms with Gasteiger partial charge in [-0.3, -0.25) is 0 Å². The van der Waals surface area contributed by atoms with Gasteiger partial charge in [-0.25, -0.2) is 4.79 Å². The van der Waals surface area contributed by atoms with Gasteiger partial charge in [0.05, 0.1) is 0 Å². The van der Waals surface area contributed by atoms with Crippen molar-refractivity contribution >= 4 is 12.4 Å². The van der Waals surface area contributed by atoms with Crippen molar-refractivity contribution in [1.82, 2.24) is 4.90 Å². The number of hydrogen-bond donors (Lipinski definition) is 1. The Bertz CT molecular complexity index is 157. The van der Waals surface area contributed by atoms with Gasteiger partial charge in [0, 0.05) is 19.0 Å². The molecule has 1 amide bonds. The van der Waals surface area contributed by atoms with E-state index in [4.69, 9.17) is 5.11 Å². The summed E-state index contributed by atoms with van der Waals surface area (Å²) in [6, 6.07) is -0.0463. The van der Waals surface area contributed by atoms with E-state index in [1.54, 1.807) is 0 Å². The zero-order valence-corrected chi connectivity index (χ0v) is 5.49. The average molecular weight is 143 g/mol. The standard InChI is InChI=1S/C6H9NO3/c8-4-2-5-1-3-7(5)6(9)10/h4-5H,1-3H2,(H,9,10)/t5-/m0/s1. The third-order valence-electron chi connectivity index (χ3n) is 1.76. The van der Waals surface area contributed by atoms with Gasteiger partial charge in [0.1, 0.15) is 6.29 Å². The number of carboxylic acid groups (broad SMARTS) is 1. The SMILES string of the molecule is O=CC[C@@H]1CCN1C(=O)O. The fourth-order valence-corrected chi connectivity index (χ4v) is 1.05. The first kappa shape index (κ1) is 7.05. The van der Waals surface area contributed by atoms with Crippen LogP contribution in [-0.4, -0.2) is 35.0 Å². The summed E-state index contributed by atoms with van der Waals surface area (Å²) in [6.07, 6.45) is 1.01. The molecule has 0 aromatic rings. The summed E-state index contributed by atoms with van der Waals surface area (Å²) in [4.78, 5) is 21.5. The van der Waals surface area contributed by atoms with E-state index >= 15 is 0 Å². The first-order valence-electron chi connectivity index (χ1n) is 3.19. The Morgan fingerprint density at radius 1 is 1.80 bits per heavy atom. The lowest BCUT2D eigenvalue weighted by Gasteiger charge is -2.37. The lowest BCUT2D eigenvalue weighted by Crippen LogP contribution is -2.50. The van der Waals surface area contributed by atoms with Crippen LogP contribution in [0.4, 0.5) is 4.79 Å². The molecule has 0 saturated carbocycles. The van der Waals surface area contributed by atoms with Crippen LogP contribution in [0.15, 0.2) is 0 Å². The van der Waals surface area contributed by atoms with Crippen molar-refractivity contribution in [1.29, 1.82) is 0 Å². The molecule has 10 heavy (non-hydrogen) atoms. The molecule has 0 unspecified atom stereocenters. The summed E-state index contributed by atoms with van der Waals surface area (Å²) in [5, 5.41) is 8.44. The number of likely N-dealkylation sites (tertiary alicyclic amines) is 1. The predicted molar refractivity (Wildman–Crippen MR) is 33.8 cm³/mol. The van der Waals surface area contributed by atoms with Crippen LogP contribution in [-0.2, 0) is 4.79 Å². The Labute approximate surface area is 58.4 Å². The summed E-state index contributed by atoms with van der Waals surface area (Å²) in [6.45, 7) is 0.577. The molecular formula is C6H9NO3. The quantitative estimate of drug-likeness (QED) is 0.566. The van der Waals surface area contributed by atoms with Crippen LogP contribution in [0.5, 0.6) is 0 Å². The number of nitrogens with zero attached hydrogens (tertiary/aromatic N) is 1. The minimum Gasteiger partial charge on any atom is -0.465 e. The van der Waals surface area contributed by atoms with Crippen molar-refractivity contribution in [3.05, 3.63) is 0 Å². The largest absolute Gasteiger partial charge is 0.465 e. The van der Waals surface area contributed by atoms with Gasteiger partial charge in [-0.05, 0) is 6.42 Å². The van der Waals surface area contributed by atoms with Gasteiger partial charge >= 0.3 is 6.09 Å². The van der Waals surface area contributed by atoms with Crippen LogP contribution < -0.4 is 0 Å². The number of rotatable bonds is 2. The van der Waals surface area contributed by atoms with Crippen LogP contribution in [0.2, 0.25) is 0 Å². The van der Waals surface area contributed by atoms with E-state index in [-0.39, 0.29) is 6.04 Å². The lowest BCUT2D eigenvalue weighted by atomic mass is 10.0. The maximum absolute atomic E-state index is 10.3. The third kappa shape index (κ3) is 1.10. The normalized spacial score (nSPS) is 23.6. The summed E-state index contributed by atoms with van der Waals surface area (Å²) < 4.78 is 0. The van der Waals surface area contributed by atoms with Crippen LogP contribution in [0, 0.1) is 0 Å². The molecule has 4 heteroatoms. The maximum Gasteiger partial charge on any atom is 0.407 e. The summed E-state index contributed by atoms with van der Waals surface area (Å²) in [7, 11) is 0. The van der Waals surface area contributed by atoms with Crippen LogP contribution >= 0.6 is 0 Å². The first-order valence-corrected chi connectivity index (χ1v) is 3.19. The molecule has 0 aromatic carbocycles. The smallest absolute Gasteiger partial charge is 0.407 e. The number of aldehydes is 1. The Morgan fingerprint density at radius 3 is 2.80 bits per heavy atom. The van der Waals surface area contributed by atoms with E-state index in [2.05, 4.69) is 0 Å². The van der Waals surface area contributed by atoms with Gasteiger partial charge in [0.15, 0.2) is 0 Å². The molecule has 1 rings (SSSR count). The van der Waals surface area contributed by atoms with Crippen molar-refractivity contribution in [3.8, 4) is 0 Å². The Kier molecular flexibility index (Phi) is 1.89. The second-order valence-corrected chi connectivity index (χ2v) is 2.32. The minimum atomic E-state index is -0.918. The highest BCUT2D eigenvalue weighted by Gasteiger charge is 2.31. The average Bonchev–Trinajstić information content (AvgIpc) is 1.78. The summed E-state index contributed by atoms with van der Waals surface area (Å²) in [5.74, 6) is 0. The molecule has 1 aliphatic rings. The zero-order valence-electron chi connectivity index (χ0n) is 5.49. The monoisotopic (exact) mass is 143 g/mol. The first-order chi connectivity index (χ1) is 4.75. The van der Waals surface area contributed by atoms with E-state index in [0.29, 0.717) is 13.0 Å². The van der Waals surface area contributed by atoms with Crippen molar-refractivity contribution < 1.29 is 14.7 Å². The second kappa shape index (κ2) is 2.68. The molecule has 0 aliphatic carbocycles. The predicted octanol–water partition coefficient (Wildman–Crippen LogP) is 0.328. The Balaban J connectivity index is 2.35. The highest BCUT2D eigenvalue weighted by Crippen LogP contribution is 2.18. The molecule has 56 valence electrons. The van der Waals surface area contributed by atoms with E-state index in [1.165, 1.54) is 4.90 Å². The highest BCUT2D eigenvalue weighted by molar-refractivity contribution is 5.67. The molecule has 0 aromatic heterocycles. The van der Waals surface area contributed by atoms with E-state index in [1.807, 2.05) is 0 Å². The number of carbonyl (C=O) groups excluding carboxylic acids is 1. The lowest BCUT2D eigenvalue weighted by molar-refractivity contribution is -0.109. The fraction of sp³-hybridized carbons (Fsp3) is 0.667. The molecular weight excluding hydrogens is 134 g/mol. The fourth-order valence-electron chi connectivity index (χ4n) is 1.05. The molecule has 1 heterocycles. The van der Waals surface area contributed by atoms with Crippen molar-refractivity contribution in [3.63, 3.8) is 0 Å². The Morgan fingerprint density at radius 2 is 2.50 bits per heavy atom. The number of amides is 1.